The Kier molecular flexibility index (Phi) is 9.89. The van der Waals surface area contributed by atoms with Gasteiger partial charge in [0.05, 0.1) is 10.6 Å². The largest absolute Gasteiger partial charge is 0.463 e. The van der Waals surface area contributed by atoms with Gasteiger partial charge in [-0.25, -0.2) is 0 Å². The van der Waals surface area contributed by atoms with Gasteiger partial charge in [0.25, 0.3) is 5.56 Å². The average Bonchev–Trinajstić information content (AvgIpc) is 2.90. The lowest BCUT2D eigenvalue weighted by molar-refractivity contribution is -0.270. The monoisotopic (exact) mass is 583 g/mol. The zero-order valence-corrected chi connectivity index (χ0v) is 23.2. The Balaban J connectivity index is 2.35. The number of nitrogens with zero attached hydrogens (tertiary/aromatic N) is 3. The average molecular weight is 584 g/mol. The molecule has 13 nitrogen and oxygen atoms in total. The summed E-state index contributed by atoms with van der Waals surface area (Å²) in [5.74, 6) is -3.32. The summed E-state index contributed by atoms with van der Waals surface area (Å²) in [6, 6.07) is 12.0. The van der Waals surface area contributed by atoms with Crippen molar-refractivity contribution in [3.63, 3.8) is 0 Å². The van der Waals surface area contributed by atoms with E-state index in [2.05, 4.69) is 12.6 Å². The Bertz CT molecular complexity index is 1510. The van der Waals surface area contributed by atoms with E-state index in [-0.39, 0.29) is 16.2 Å². The van der Waals surface area contributed by atoms with E-state index >= 15 is 0 Å². The van der Waals surface area contributed by atoms with Crippen LogP contribution >= 0.6 is 12.6 Å². The van der Waals surface area contributed by atoms with Crippen LogP contribution in [0.3, 0.4) is 0 Å². The van der Waals surface area contributed by atoms with Crippen molar-refractivity contribution in [2.45, 2.75) is 63.4 Å². The quantitative estimate of drug-likeness (QED) is 0.284. The van der Waals surface area contributed by atoms with Crippen LogP contribution in [0.2, 0.25) is 0 Å². The third-order valence-electron chi connectivity index (χ3n) is 5.89. The van der Waals surface area contributed by atoms with Crippen molar-refractivity contribution in [1.82, 2.24) is 4.57 Å². The number of esters is 4. The van der Waals surface area contributed by atoms with Crippen LogP contribution in [0.15, 0.2) is 40.2 Å². The zero-order chi connectivity index (χ0) is 30.4. The van der Waals surface area contributed by atoms with Crippen LogP contribution in [0.25, 0.3) is 11.1 Å². The molecule has 1 fully saturated rings. The molecule has 0 amide bonds. The van der Waals surface area contributed by atoms with Crippen molar-refractivity contribution in [3.05, 3.63) is 51.8 Å². The molecule has 0 saturated carbocycles. The van der Waals surface area contributed by atoms with Crippen molar-refractivity contribution in [2.24, 2.45) is 0 Å². The van der Waals surface area contributed by atoms with Crippen molar-refractivity contribution < 1.29 is 42.9 Å². The summed E-state index contributed by atoms with van der Waals surface area (Å²) in [5.41, 5.74) is -1.19. The molecular formula is C27H25N3O10S. The van der Waals surface area contributed by atoms with Gasteiger partial charge in [-0.15, -0.1) is 12.6 Å². The fourth-order valence-corrected chi connectivity index (χ4v) is 4.80. The summed E-state index contributed by atoms with van der Waals surface area (Å²) in [6.07, 6.45) is -7.76. The molecule has 5 atom stereocenters. The minimum Gasteiger partial charge on any atom is -0.463 e. The lowest BCUT2D eigenvalue weighted by Gasteiger charge is -2.45. The van der Waals surface area contributed by atoms with Gasteiger partial charge in [-0.1, -0.05) is 30.3 Å². The number of carbonyl (C=O) groups is 4. The van der Waals surface area contributed by atoms with Crippen LogP contribution in [-0.2, 0) is 42.9 Å². The summed E-state index contributed by atoms with van der Waals surface area (Å²) in [5, 5.41) is 19.8. The van der Waals surface area contributed by atoms with E-state index in [0.717, 1.165) is 32.3 Å². The highest BCUT2D eigenvalue weighted by Crippen LogP contribution is 2.38. The van der Waals surface area contributed by atoms with Gasteiger partial charge >= 0.3 is 23.9 Å². The van der Waals surface area contributed by atoms with Crippen molar-refractivity contribution in [3.8, 4) is 23.3 Å². The van der Waals surface area contributed by atoms with E-state index in [1.54, 1.807) is 30.3 Å². The second-order valence-electron chi connectivity index (χ2n) is 8.80. The van der Waals surface area contributed by atoms with E-state index in [1.807, 2.05) is 12.1 Å². The van der Waals surface area contributed by atoms with Crippen LogP contribution in [0.5, 0.6) is 0 Å². The molecule has 1 aromatic carbocycles. The normalized spacial score (nSPS) is 21.5. The SMILES string of the molecule is CC(=O)OC[C@@H]1O[C@@H](n2c(S)c(C#N)c(-c3ccccc3)c(C#N)c2=O)[C@@H](OC(C)=O)[C@@H](OC(C)=O)[C@H]1OC(C)=O. The molecule has 2 aromatic rings. The first-order chi connectivity index (χ1) is 19.4. The smallest absolute Gasteiger partial charge is 0.303 e. The number of pyridine rings is 1. The fraction of sp³-hybridized carbons (Fsp3) is 0.370. The minimum absolute atomic E-state index is 0.0208. The molecule has 1 aromatic heterocycles. The molecule has 1 aliphatic rings. The Morgan fingerprint density at radius 3 is 1.90 bits per heavy atom. The highest BCUT2D eigenvalue weighted by Gasteiger charge is 2.53. The van der Waals surface area contributed by atoms with E-state index in [0.29, 0.717) is 5.56 Å². The molecule has 41 heavy (non-hydrogen) atoms. The molecule has 2 heterocycles. The number of carbonyl (C=O) groups excluding carboxylic acids is 4. The molecule has 0 unspecified atom stereocenters. The topological polar surface area (TPSA) is 184 Å². The molecule has 214 valence electrons. The molecule has 0 radical (unpaired) electrons. The Labute approximate surface area is 239 Å². The van der Waals surface area contributed by atoms with E-state index in [1.165, 1.54) is 0 Å². The maximum atomic E-state index is 13.9. The minimum atomic E-state index is -1.69. The van der Waals surface area contributed by atoms with E-state index in [4.69, 9.17) is 23.7 Å². The maximum Gasteiger partial charge on any atom is 0.303 e. The van der Waals surface area contributed by atoms with Crippen LogP contribution in [-0.4, -0.2) is 59.5 Å². The number of ether oxygens (including phenoxy) is 5. The molecule has 3 rings (SSSR count). The molecule has 0 spiro atoms. The maximum absolute atomic E-state index is 13.9. The number of hydrogen-bond acceptors (Lipinski definition) is 13. The van der Waals surface area contributed by atoms with Crippen molar-refractivity contribution >= 4 is 36.5 Å². The van der Waals surface area contributed by atoms with Crippen LogP contribution in [0.1, 0.15) is 45.0 Å². The number of hydrogen-bond donors (Lipinski definition) is 1. The number of aromatic nitrogens is 1. The molecule has 0 aliphatic carbocycles. The van der Waals surface area contributed by atoms with Crippen LogP contribution in [0.4, 0.5) is 0 Å². The van der Waals surface area contributed by atoms with E-state index in [9.17, 15) is 34.5 Å². The summed E-state index contributed by atoms with van der Waals surface area (Å²) < 4.78 is 28.1. The first kappa shape index (κ1) is 30.9. The van der Waals surface area contributed by atoms with Crippen LogP contribution in [0, 0.1) is 22.7 Å². The van der Waals surface area contributed by atoms with Gasteiger partial charge in [-0.05, 0) is 5.56 Å². The van der Waals surface area contributed by atoms with E-state index < -0.39 is 72.3 Å². The number of benzene rings is 1. The molecule has 14 heteroatoms. The second kappa shape index (κ2) is 13.1. The number of nitriles is 2. The van der Waals surface area contributed by atoms with Gasteiger partial charge in [0, 0.05) is 33.3 Å². The predicted octanol–water partition coefficient (Wildman–Crippen LogP) is 1.80. The Morgan fingerprint density at radius 2 is 1.39 bits per heavy atom. The summed E-state index contributed by atoms with van der Waals surface area (Å²) in [4.78, 5) is 61.8. The standard InChI is InChI=1S/C27H25N3O10S/c1-13(31)36-12-20-22(37-14(2)32)23(38-15(3)33)24(39-16(4)34)26(40-20)30-25(35)18(10-28)21(19(11-29)27(30)41)17-8-6-5-7-9-17/h5-9,20,22-24,26,41H,12H2,1-4H3/t20-,22-,23-,24-,26+/m0/s1. The highest BCUT2D eigenvalue weighted by atomic mass is 32.1. The highest BCUT2D eigenvalue weighted by molar-refractivity contribution is 7.80. The molecule has 0 N–H and O–H groups in total. The summed E-state index contributed by atoms with van der Waals surface area (Å²) in [6.45, 7) is 3.73. The number of thiol groups is 1. The second-order valence-corrected chi connectivity index (χ2v) is 9.23. The molecule has 1 aliphatic heterocycles. The van der Waals surface area contributed by atoms with Gasteiger partial charge in [0.15, 0.2) is 24.5 Å². The number of rotatable bonds is 7. The Morgan fingerprint density at radius 1 is 0.854 bits per heavy atom. The molecule has 1 saturated heterocycles. The molecule has 0 bridgehead atoms. The third kappa shape index (κ3) is 6.74. The van der Waals surface area contributed by atoms with Gasteiger partial charge in [0.2, 0.25) is 0 Å². The van der Waals surface area contributed by atoms with Gasteiger partial charge in [0.1, 0.15) is 30.4 Å². The zero-order valence-electron chi connectivity index (χ0n) is 22.4. The summed E-state index contributed by atoms with van der Waals surface area (Å²) >= 11 is 4.43. The van der Waals surface area contributed by atoms with Crippen LogP contribution < -0.4 is 5.56 Å². The lowest BCUT2D eigenvalue weighted by Crippen LogP contribution is -2.61. The lowest BCUT2D eigenvalue weighted by atomic mass is 9.95. The third-order valence-corrected chi connectivity index (χ3v) is 6.33. The Hall–Kier alpha value is -4.66. The predicted molar refractivity (Wildman–Crippen MR) is 140 cm³/mol. The van der Waals surface area contributed by atoms with Gasteiger partial charge in [-0.3, -0.25) is 28.5 Å². The van der Waals surface area contributed by atoms with Crippen molar-refractivity contribution in [2.75, 3.05) is 6.61 Å². The molecular weight excluding hydrogens is 558 g/mol. The van der Waals surface area contributed by atoms with Crippen molar-refractivity contribution in [1.29, 1.82) is 10.5 Å². The van der Waals surface area contributed by atoms with Gasteiger partial charge < -0.3 is 23.7 Å². The first-order valence-corrected chi connectivity index (χ1v) is 12.5. The first-order valence-electron chi connectivity index (χ1n) is 12.1. The van der Waals surface area contributed by atoms with Gasteiger partial charge in [-0.2, -0.15) is 10.5 Å². The summed E-state index contributed by atoms with van der Waals surface area (Å²) in [7, 11) is 0. The fourth-order valence-electron chi connectivity index (χ4n) is 4.43.